The highest BCUT2D eigenvalue weighted by Crippen LogP contribution is 2.43. The summed E-state index contributed by atoms with van der Waals surface area (Å²) in [4.78, 5) is 0. The van der Waals surface area contributed by atoms with Crippen molar-refractivity contribution in [2.24, 2.45) is 0 Å². The predicted molar refractivity (Wildman–Crippen MR) is 106 cm³/mol. The van der Waals surface area contributed by atoms with E-state index in [-0.39, 0.29) is 30.9 Å². The minimum absolute atomic E-state index is 0.112. The first-order chi connectivity index (χ1) is 12.9. The molecule has 2 aromatic rings. The van der Waals surface area contributed by atoms with Gasteiger partial charge in [0.05, 0.1) is 11.2 Å². The number of aryl methyl sites for hydroxylation is 1. The van der Waals surface area contributed by atoms with E-state index in [2.05, 4.69) is 64.1 Å². The zero-order valence-corrected chi connectivity index (χ0v) is 16.5. The van der Waals surface area contributed by atoms with Crippen molar-refractivity contribution in [2.45, 2.75) is 57.6 Å². The number of rotatable bonds is 5. The highest BCUT2D eigenvalue weighted by molar-refractivity contribution is 6.47. The average Bonchev–Trinajstić information content (AvgIpc) is 3.17. The lowest BCUT2D eigenvalue weighted by Gasteiger charge is -2.32. The second kappa shape index (κ2) is 6.88. The van der Waals surface area contributed by atoms with Crippen molar-refractivity contribution in [1.29, 1.82) is 0 Å². The summed E-state index contributed by atoms with van der Waals surface area (Å²) in [6, 6.07) is 16.7. The van der Waals surface area contributed by atoms with Gasteiger partial charge >= 0.3 is 7.12 Å². The van der Waals surface area contributed by atoms with Crippen molar-refractivity contribution < 1.29 is 18.8 Å². The van der Waals surface area contributed by atoms with Crippen molar-refractivity contribution in [3.8, 4) is 11.5 Å². The number of hydrogen-bond donors (Lipinski definition) is 0. The average molecular weight is 366 g/mol. The lowest BCUT2D eigenvalue weighted by molar-refractivity contribution is 0.00578. The second-order valence-corrected chi connectivity index (χ2v) is 8.37. The Labute approximate surface area is 161 Å². The van der Waals surface area contributed by atoms with E-state index in [0.29, 0.717) is 0 Å². The molecule has 1 saturated heterocycles. The van der Waals surface area contributed by atoms with E-state index < -0.39 is 0 Å². The molecule has 0 aromatic heterocycles. The molecule has 1 unspecified atom stereocenters. The molecule has 2 aliphatic rings. The molecule has 0 saturated carbocycles. The summed E-state index contributed by atoms with van der Waals surface area (Å²) in [6.07, 6.45) is 1.89. The first-order valence-corrected chi connectivity index (χ1v) is 9.65. The molecule has 0 bridgehead atoms. The van der Waals surface area contributed by atoms with Gasteiger partial charge in [-0.3, -0.25) is 0 Å². The van der Waals surface area contributed by atoms with Gasteiger partial charge in [0.1, 0.15) is 0 Å². The number of hydrogen-bond acceptors (Lipinski definition) is 4. The number of fused-ring (bicyclic) bond motifs is 1. The van der Waals surface area contributed by atoms with Crippen LogP contribution in [-0.4, -0.2) is 25.1 Å². The molecule has 0 aliphatic carbocycles. The van der Waals surface area contributed by atoms with Crippen molar-refractivity contribution in [3.63, 3.8) is 0 Å². The second-order valence-electron chi connectivity index (χ2n) is 8.37. The van der Waals surface area contributed by atoms with Gasteiger partial charge in [-0.15, -0.1) is 0 Å². The zero-order valence-electron chi connectivity index (χ0n) is 16.5. The Bertz CT molecular complexity index is 787. The summed E-state index contributed by atoms with van der Waals surface area (Å²) < 4.78 is 23.9. The Morgan fingerprint density at radius 1 is 0.889 bits per heavy atom. The molecule has 1 atom stereocenters. The van der Waals surface area contributed by atoms with Gasteiger partial charge in [-0.05, 0) is 63.8 Å². The fraction of sp³-hybridized carbons (Fsp3) is 0.455. The molecule has 2 aromatic carbocycles. The Morgan fingerprint density at radius 2 is 1.56 bits per heavy atom. The summed E-state index contributed by atoms with van der Waals surface area (Å²) in [5.74, 6) is 1.71. The van der Waals surface area contributed by atoms with E-state index in [1.165, 1.54) is 5.56 Å². The van der Waals surface area contributed by atoms with Gasteiger partial charge in [0.25, 0.3) is 0 Å². The molecular weight excluding hydrogens is 339 g/mol. The molecule has 142 valence electrons. The quantitative estimate of drug-likeness (QED) is 0.715. The van der Waals surface area contributed by atoms with E-state index in [4.69, 9.17) is 18.8 Å². The Kier molecular flexibility index (Phi) is 4.69. The van der Waals surface area contributed by atoms with Crippen LogP contribution in [-0.2, 0) is 15.7 Å². The van der Waals surface area contributed by atoms with Crippen LogP contribution in [0.4, 0.5) is 0 Å². The summed E-state index contributed by atoms with van der Waals surface area (Å²) in [5.41, 5.74) is 1.78. The van der Waals surface area contributed by atoms with Crippen molar-refractivity contribution in [2.75, 3.05) is 6.79 Å². The molecule has 4 nitrogen and oxygen atoms in total. The van der Waals surface area contributed by atoms with E-state index >= 15 is 0 Å². The van der Waals surface area contributed by atoms with Crippen LogP contribution in [0, 0.1) is 0 Å². The van der Waals surface area contributed by atoms with E-state index in [1.807, 2.05) is 12.1 Å². The SMILES string of the molecule is CC1(C)OB(C(CCc2ccccc2)c2ccc3c(c2)OCO3)OC1(C)C. The summed E-state index contributed by atoms with van der Waals surface area (Å²) in [6.45, 7) is 8.67. The minimum Gasteiger partial charge on any atom is -0.454 e. The highest BCUT2D eigenvalue weighted by atomic mass is 16.7. The molecule has 2 aliphatic heterocycles. The van der Waals surface area contributed by atoms with Gasteiger partial charge in [-0.25, -0.2) is 0 Å². The number of ether oxygens (including phenoxy) is 2. The predicted octanol–water partition coefficient (Wildman–Crippen LogP) is 4.76. The lowest BCUT2D eigenvalue weighted by Crippen LogP contribution is -2.41. The molecule has 27 heavy (non-hydrogen) atoms. The molecule has 1 fully saturated rings. The molecular formula is C22H27BO4. The fourth-order valence-corrected chi connectivity index (χ4v) is 3.62. The molecule has 0 N–H and O–H groups in total. The Balaban J connectivity index is 1.61. The van der Waals surface area contributed by atoms with Crippen LogP contribution in [0.2, 0.25) is 0 Å². The largest absolute Gasteiger partial charge is 0.465 e. The first kappa shape index (κ1) is 18.4. The molecule has 5 heteroatoms. The molecule has 0 amide bonds. The zero-order chi connectivity index (χ0) is 19.1. The van der Waals surface area contributed by atoms with Gasteiger partial charge < -0.3 is 18.8 Å². The lowest BCUT2D eigenvalue weighted by atomic mass is 9.65. The third-order valence-corrected chi connectivity index (χ3v) is 6.01. The van der Waals surface area contributed by atoms with Gasteiger partial charge in [0, 0.05) is 5.82 Å². The maximum atomic E-state index is 6.39. The Hall–Kier alpha value is -1.98. The summed E-state index contributed by atoms with van der Waals surface area (Å²) in [7, 11) is -0.293. The third-order valence-electron chi connectivity index (χ3n) is 6.01. The molecule has 0 radical (unpaired) electrons. The van der Waals surface area contributed by atoms with Crippen LogP contribution in [0.1, 0.15) is 51.1 Å². The van der Waals surface area contributed by atoms with Gasteiger partial charge in [-0.2, -0.15) is 0 Å². The molecule has 2 heterocycles. The van der Waals surface area contributed by atoms with Crippen LogP contribution in [0.5, 0.6) is 11.5 Å². The normalized spacial score (nSPS) is 20.7. The van der Waals surface area contributed by atoms with Crippen LogP contribution in [0.3, 0.4) is 0 Å². The monoisotopic (exact) mass is 366 g/mol. The highest BCUT2D eigenvalue weighted by Gasteiger charge is 2.53. The first-order valence-electron chi connectivity index (χ1n) is 9.65. The van der Waals surface area contributed by atoms with Gasteiger partial charge in [0.15, 0.2) is 11.5 Å². The van der Waals surface area contributed by atoms with E-state index in [1.54, 1.807) is 0 Å². The smallest absolute Gasteiger partial charge is 0.454 e. The van der Waals surface area contributed by atoms with Crippen molar-refractivity contribution in [1.82, 2.24) is 0 Å². The van der Waals surface area contributed by atoms with Crippen LogP contribution in [0.15, 0.2) is 48.5 Å². The maximum absolute atomic E-state index is 6.39. The van der Waals surface area contributed by atoms with E-state index in [0.717, 1.165) is 29.9 Å². The number of benzene rings is 2. The van der Waals surface area contributed by atoms with Crippen molar-refractivity contribution in [3.05, 3.63) is 59.7 Å². The van der Waals surface area contributed by atoms with Crippen molar-refractivity contribution >= 4 is 7.12 Å². The minimum atomic E-state index is -0.348. The van der Waals surface area contributed by atoms with Gasteiger partial charge in [-0.1, -0.05) is 36.4 Å². The summed E-state index contributed by atoms with van der Waals surface area (Å²) >= 11 is 0. The van der Waals surface area contributed by atoms with E-state index in [9.17, 15) is 0 Å². The molecule has 0 spiro atoms. The van der Waals surface area contributed by atoms with Crippen LogP contribution >= 0.6 is 0 Å². The van der Waals surface area contributed by atoms with Crippen LogP contribution < -0.4 is 9.47 Å². The Morgan fingerprint density at radius 3 is 2.26 bits per heavy atom. The maximum Gasteiger partial charge on any atom is 0.465 e. The molecule has 4 rings (SSSR count). The standard InChI is InChI=1S/C22H27BO4/c1-21(2)22(3,4)27-23(26-21)18(12-10-16-8-6-5-7-9-16)17-11-13-19-20(14-17)25-15-24-19/h5-9,11,13-14,18H,10,12,15H2,1-4H3. The fourth-order valence-electron chi connectivity index (χ4n) is 3.62. The summed E-state index contributed by atoms with van der Waals surface area (Å²) in [5, 5.41) is 0. The topological polar surface area (TPSA) is 36.9 Å². The third kappa shape index (κ3) is 3.58. The van der Waals surface area contributed by atoms with Gasteiger partial charge in [0.2, 0.25) is 6.79 Å². The van der Waals surface area contributed by atoms with Crippen LogP contribution in [0.25, 0.3) is 0 Å².